The molecule has 32 heavy (non-hydrogen) atoms. The van der Waals surface area contributed by atoms with Crippen LogP contribution >= 0.6 is 24.0 Å². The van der Waals surface area contributed by atoms with Crippen LogP contribution in [-0.4, -0.2) is 10.2 Å². The number of nitrogens with zero attached hydrogens (tertiary/aromatic N) is 1. The first kappa shape index (κ1) is 19.2. The molecule has 0 radical (unpaired) electrons. The lowest BCUT2D eigenvalue weighted by molar-refractivity contribution is -0.113. The highest BCUT2D eigenvalue weighted by atomic mass is 32.2. The van der Waals surface area contributed by atoms with Crippen molar-refractivity contribution >= 4 is 78.3 Å². The van der Waals surface area contributed by atoms with Crippen LogP contribution in [-0.2, 0) is 4.79 Å². The van der Waals surface area contributed by atoms with Crippen LogP contribution in [0.15, 0.2) is 102 Å². The molecule has 6 rings (SSSR count). The molecule has 0 aromatic heterocycles. The molecule has 0 aliphatic carbocycles. The van der Waals surface area contributed by atoms with Crippen molar-refractivity contribution in [3.63, 3.8) is 0 Å². The average Bonchev–Trinajstić information content (AvgIpc) is 3.11. The van der Waals surface area contributed by atoms with Gasteiger partial charge in [-0.1, -0.05) is 109 Å². The summed E-state index contributed by atoms with van der Waals surface area (Å²) in [6.07, 6.45) is 2.01. The topological polar surface area (TPSA) is 20.3 Å². The summed E-state index contributed by atoms with van der Waals surface area (Å²) in [6, 6.07) is 32.9. The van der Waals surface area contributed by atoms with E-state index in [0.717, 1.165) is 43.6 Å². The Kier molecular flexibility index (Phi) is 4.56. The highest BCUT2D eigenvalue weighted by molar-refractivity contribution is 8.27. The molecule has 0 spiro atoms. The molecule has 4 heteroatoms. The zero-order chi connectivity index (χ0) is 21.7. The molecule has 1 heterocycles. The van der Waals surface area contributed by atoms with E-state index in [2.05, 4.69) is 42.5 Å². The first-order valence-electron chi connectivity index (χ1n) is 10.4. The number of anilines is 1. The number of thioether (sulfide) groups is 1. The Balaban J connectivity index is 1.53. The van der Waals surface area contributed by atoms with E-state index >= 15 is 0 Å². The van der Waals surface area contributed by atoms with Crippen molar-refractivity contribution in [3.8, 4) is 0 Å². The SMILES string of the molecule is O=C1/C(=C\c2c3ccccc3cc3ccccc23)SC(=S)N1c1cccc2ccccc12. The lowest BCUT2D eigenvalue weighted by atomic mass is 9.96. The summed E-state index contributed by atoms with van der Waals surface area (Å²) in [5.41, 5.74) is 1.88. The second-order valence-corrected chi connectivity index (χ2v) is 9.42. The van der Waals surface area contributed by atoms with E-state index in [-0.39, 0.29) is 5.91 Å². The Labute approximate surface area is 195 Å². The van der Waals surface area contributed by atoms with Gasteiger partial charge in [-0.2, -0.15) is 0 Å². The van der Waals surface area contributed by atoms with E-state index in [1.807, 2.05) is 60.7 Å². The molecule has 0 N–H and O–H groups in total. The zero-order valence-corrected chi connectivity index (χ0v) is 18.6. The maximum atomic E-state index is 13.6. The summed E-state index contributed by atoms with van der Waals surface area (Å²) in [7, 11) is 0. The molecule has 0 atom stereocenters. The molecule has 1 amide bonds. The Morgan fingerprint density at radius 2 is 1.25 bits per heavy atom. The van der Waals surface area contributed by atoms with Crippen LogP contribution in [0.25, 0.3) is 38.4 Å². The second kappa shape index (κ2) is 7.59. The quantitative estimate of drug-likeness (QED) is 0.158. The van der Waals surface area contributed by atoms with E-state index in [4.69, 9.17) is 12.2 Å². The van der Waals surface area contributed by atoms with Crippen LogP contribution in [0.4, 0.5) is 5.69 Å². The van der Waals surface area contributed by atoms with Crippen molar-refractivity contribution in [3.05, 3.63) is 108 Å². The van der Waals surface area contributed by atoms with Gasteiger partial charge in [0.1, 0.15) is 0 Å². The van der Waals surface area contributed by atoms with Gasteiger partial charge in [-0.05, 0) is 50.7 Å². The third-order valence-corrected chi connectivity index (χ3v) is 7.19. The monoisotopic (exact) mass is 447 g/mol. The van der Waals surface area contributed by atoms with Crippen molar-refractivity contribution in [2.45, 2.75) is 0 Å². The number of carbonyl (C=O) groups is 1. The molecule has 0 saturated carbocycles. The fourth-order valence-corrected chi connectivity index (χ4v) is 5.68. The van der Waals surface area contributed by atoms with Crippen LogP contribution in [0.1, 0.15) is 5.56 Å². The van der Waals surface area contributed by atoms with E-state index in [9.17, 15) is 4.79 Å². The summed E-state index contributed by atoms with van der Waals surface area (Å²) in [4.78, 5) is 15.9. The Hall–Kier alpha value is -3.47. The number of hydrogen-bond acceptors (Lipinski definition) is 3. The predicted molar refractivity (Wildman–Crippen MR) is 141 cm³/mol. The summed E-state index contributed by atoms with van der Waals surface area (Å²) >= 11 is 7.04. The molecule has 1 fully saturated rings. The number of benzene rings is 5. The van der Waals surface area contributed by atoms with E-state index in [1.54, 1.807) is 4.90 Å². The minimum absolute atomic E-state index is 0.0756. The lowest BCUT2D eigenvalue weighted by Gasteiger charge is -2.17. The highest BCUT2D eigenvalue weighted by Gasteiger charge is 2.34. The zero-order valence-electron chi connectivity index (χ0n) is 17.0. The Bertz CT molecular complexity index is 1540. The summed E-state index contributed by atoms with van der Waals surface area (Å²) in [6.45, 7) is 0. The number of thiocarbonyl (C=S) groups is 1. The van der Waals surface area contributed by atoms with Gasteiger partial charge in [0.25, 0.3) is 5.91 Å². The molecule has 0 unspecified atom stereocenters. The van der Waals surface area contributed by atoms with Gasteiger partial charge >= 0.3 is 0 Å². The molecule has 1 aliphatic heterocycles. The van der Waals surface area contributed by atoms with Gasteiger partial charge in [0.2, 0.25) is 0 Å². The molecule has 152 valence electrons. The van der Waals surface area contributed by atoms with Crippen LogP contribution in [0.3, 0.4) is 0 Å². The Morgan fingerprint density at radius 3 is 1.94 bits per heavy atom. The highest BCUT2D eigenvalue weighted by Crippen LogP contribution is 2.40. The number of rotatable bonds is 2. The maximum absolute atomic E-state index is 13.6. The van der Waals surface area contributed by atoms with Crippen LogP contribution in [0.5, 0.6) is 0 Å². The molecule has 5 aromatic rings. The fourth-order valence-electron chi connectivity index (χ4n) is 4.41. The van der Waals surface area contributed by atoms with Crippen molar-refractivity contribution in [2.75, 3.05) is 4.90 Å². The van der Waals surface area contributed by atoms with Gasteiger partial charge in [0.05, 0.1) is 10.6 Å². The number of carbonyl (C=O) groups excluding carboxylic acids is 1. The standard InChI is InChI=1S/C28H17NOS2/c30-27-26(32-28(31)29(27)25-15-7-11-18-8-1-6-14-23(18)25)17-24-21-12-4-2-9-19(21)16-20-10-3-5-13-22(20)24/h1-17H/b26-17+. The first-order chi connectivity index (χ1) is 15.7. The molecule has 0 bridgehead atoms. The molecule has 1 aliphatic rings. The van der Waals surface area contributed by atoms with Crippen molar-refractivity contribution in [1.29, 1.82) is 0 Å². The second-order valence-electron chi connectivity index (χ2n) is 7.75. The molecule has 1 saturated heterocycles. The molecular weight excluding hydrogens is 430 g/mol. The average molecular weight is 448 g/mol. The van der Waals surface area contributed by atoms with E-state index in [0.29, 0.717) is 9.23 Å². The lowest BCUT2D eigenvalue weighted by Crippen LogP contribution is -2.27. The predicted octanol–water partition coefficient (Wildman–Crippen LogP) is 7.55. The summed E-state index contributed by atoms with van der Waals surface area (Å²) in [5.74, 6) is -0.0756. The third-order valence-electron chi connectivity index (χ3n) is 5.89. The molecule has 2 nitrogen and oxygen atoms in total. The van der Waals surface area contributed by atoms with Crippen LogP contribution in [0.2, 0.25) is 0 Å². The number of amides is 1. The summed E-state index contributed by atoms with van der Waals surface area (Å²) in [5, 5.41) is 6.67. The van der Waals surface area contributed by atoms with Crippen LogP contribution < -0.4 is 4.90 Å². The van der Waals surface area contributed by atoms with Gasteiger partial charge in [-0.15, -0.1) is 0 Å². The Morgan fingerprint density at radius 1 is 0.688 bits per heavy atom. The van der Waals surface area contributed by atoms with Gasteiger partial charge in [0, 0.05) is 5.39 Å². The van der Waals surface area contributed by atoms with Crippen molar-refractivity contribution in [2.24, 2.45) is 0 Å². The van der Waals surface area contributed by atoms with Gasteiger partial charge in [-0.25, -0.2) is 0 Å². The summed E-state index contributed by atoms with van der Waals surface area (Å²) < 4.78 is 0.558. The smallest absolute Gasteiger partial charge is 0.268 e. The van der Waals surface area contributed by atoms with Gasteiger partial charge in [0.15, 0.2) is 4.32 Å². The van der Waals surface area contributed by atoms with Crippen LogP contribution in [0, 0.1) is 0 Å². The number of hydrogen-bond donors (Lipinski definition) is 0. The molecular formula is C28H17NOS2. The van der Waals surface area contributed by atoms with Gasteiger partial charge < -0.3 is 0 Å². The maximum Gasteiger partial charge on any atom is 0.270 e. The van der Waals surface area contributed by atoms with E-state index < -0.39 is 0 Å². The third kappa shape index (κ3) is 3.03. The minimum atomic E-state index is -0.0756. The number of fused-ring (bicyclic) bond motifs is 3. The van der Waals surface area contributed by atoms with E-state index in [1.165, 1.54) is 11.8 Å². The minimum Gasteiger partial charge on any atom is -0.268 e. The first-order valence-corrected chi connectivity index (χ1v) is 11.6. The fraction of sp³-hybridized carbons (Fsp3) is 0. The van der Waals surface area contributed by atoms with Crippen molar-refractivity contribution in [1.82, 2.24) is 0 Å². The normalized spacial score (nSPS) is 15.5. The van der Waals surface area contributed by atoms with Crippen molar-refractivity contribution < 1.29 is 4.79 Å². The molecule has 5 aromatic carbocycles. The van der Waals surface area contributed by atoms with Gasteiger partial charge in [-0.3, -0.25) is 9.69 Å². The largest absolute Gasteiger partial charge is 0.270 e.